The lowest BCUT2D eigenvalue weighted by atomic mass is 9.91. The molecule has 7 aromatic rings. The van der Waals surface area contributed by atoms with Gasteiger partial charge in [0.05, 0.1) is 5.56 Å². The molecule has 2 heteroatoms. The summed E-state index contributed by atoms with van der Waals surface area (Å²) in [5.74, 6) is 0. The van der Waals surface area contributed by atoms with Crippen molar-refractivity contribution in [2.24, 2.45) is 7.05 Å². The van der Waals surface area contributed by atoms with E-state index in [1.54, 1.807) is 0 Å². The molecule has 0 N–H and O–H groups in total. The molecule has 2 heterocycles. The first-order valence-corrected chi connectivity index (χ1v) is 12.4. The minimum absolute atomic E-state index is 0.951. The number of aryl methyl sites for hydroxylation is 3. The zero-order chi connectivity index (χ0) is 24.4. The van der Waals surface area contributed by atoms with Gasteiger partial charge in [-0.15, -0.1) is 0 Å². The number of hydrogen-bond donors (Lipinski definition) is 0. The first-order valence-electron chi connectivity index (χ1n) is 12.4. The number of rotatable bonds is 2. The molecule has 0 atom stereocenters. The van der Waals surface area contributed by atoms with Gasteiger partial charge in [0.15, 0.2) is 6.20 Å². The van der Waals surface area contributed by atoms with Crippen LogP contribution in [0.4, 0.5) is 0 Å². The van der Waals surface area contributed by atoms with Crippen LogP contribution in [-0.4, -0.2) is 0 Å². The predicted octanol–water partition coefficient (Wildman–Crippen LogP) is 8.67. The van der Waals surface area contributed by atoms with Crippen LogP contribution >= 0.6 is 0 Å². The largest absolute Gasteiger partial charge is 0.454 e. The summed E-state index contributed by atoms with van der Waals surface area (Å²) in [6.07, 6.45) is 2.09. The molecule has 0 fully saturated rings. The highest BCUT2D eigenvalue weighted by molar-refractivity contribution is 6.19. The normalized spacial score (nSPS) is 11.8. The Morgan fingerprint density at radius 2 is 1.31 bits per heavy atom. The van der Waals surface area contributed by atoms with Gasteiger partial charge in [0.2, 0.25) is 5.69 Å². The number of aromatic nitrogens is 1. The van der Waals surface area contributed by atoms with E-state index in [0.717, 1.165) is 28.0 Å². The minimum atomic E-state index is 0.951. The molecule has 0 saturated carbocycles. The zero-order valence-corrected chi connectivity index (χ0v) is 20.7. The number of furan rings is 1. The standard InChI is InChI=1S/C34H26NO/c1-21-15-17-27(29-20-23-10-4-5-11-24(23)25-12-6-7-13-26(25)29)33-31(21)28-18-16-22(2)32(34(28)36-33)30-14-8-9-19-35(30)3/h4-20H,1-3H3/q+1. The van der Waals surface area contributed by atoms with Crippen LogP contribution in [0, 0.1) is 13.8 Å². The summed E-state index contributed by atoms with van der Waals surface area (Å²) < 4.78 is 9.05. The van der Waals surface area contributed by atoms with Crippen molar-refractivity contribution in [1.29, 1.82) is 0 Å². The molecule has 0 saturated heterocycles. The molecule has 0 spiro atoms. The van der Waals surface area contributed by atoms with Gasteiger partial charge in [0.25, 0.3) is 0 Å². The maximum absolute atomic E-state index is 6.89. The summed E-state index contributed by atoms with van der Waals surface area (Å²) >= 11 is 0. The Balaban J connectivity index is 1.63. The van der Waals surface area contributed by atoms with E-state index in [1.807, 2.05) is 0 Å². The number of hydrogen-bond acceptors (Lipinski definition) is 1. The van der Waals surface area contributed by atoms with Crippen molar-refractivity contribution in [2.45, 2.75) is 13.8 Å². The number of fused-ring (bicyclic) bond motifs is 6. The molecule has 0 radical (unpaired) electrons. The van der Waals surface area contributed by atoms with Crippen LogP contribution < -0.4 is 4.57 Å². The molecule has 0 aliphatic rings. The van der Waals surface area contributed by atoms with Crippen LogP contribution in [0.15, 0.2) is 108 Å². The summed E-state index contributed by atoms with van der Waals surface area (Å²) in [6, 6.07) is 34.9. The lowest BCUT2D eigenvalue weighted by molar-refractivity contribution is -0.660. The molecule has 7 rings (SSSR count). The average molecular weight is 465 g/mol. The third-order valence-corrected chi connectivity index (χ3v) is 7.57. The van der Waals surface area contributed by atoms with Gasteiger partial charge in [-0.1, -0.05) is 72.8 Å². The SMILES string of the molecule is Cc1ccc2c(oc3c(-c4cc5ccccc5c5ccccc45)ccc(C)c32)c1-c1cccc[n+]1C. The lowest BCUT2D eigenvalue weighted by Crippen LogP contribution is -2.30. The van der Waals surface area contributed by atoms with Crippen molar-refractivity contribution >= 4 is 43.5 Å². The van der Waals surface area contributed by atoms with Crippen molar-refractivity contribution in [3.63, 3.8) is 0 Å². The first kappa shape index (κ1) is 20.9. The van der Waals surface area contributed by atoms with Crippen molar-refractivity contribution in [1.82, 2.24) is 0 Å². The van der Waals surface area contributed by atoms with Gasteiger partial charge in [-0.3, -0.25) is 0 Å². The molecule has 2 nitrogen and oxygen atoms in total. The fourth-order valence-corrected chi connectivity index (χ4v) is 5.80. The zero-order valence-electron chi connectivity index (χ0n) is 20.7. The summed E-state index contributed by atoms with van der Waals surface area (Å²) in [6.45, 7) is 4.35. The summed E-state index contributed by atoms with van der Waals surface area (Å²) in [7, 11) is 2.09. The third kappa shape index (κ3) is 2.94. The number of pyridine rings is 1. The second-order valence-corrected chi connectivity index (χ2v) is 9.76. The van der Waals surface area contributed by atoms with Gasteiger partial charge in [0, 0.05) is 28.5 Å². The van der Waals surface area contributed by atoms with E-state index in [4.69, 9.17) is 4.42 Å². The van der Waals surface area contributed by atoms with Crippen molar-refractivity contribution in [3.05, 3.63) is 114 Å². The van der Waals surface area contributed by atoms with Crippen LogP contribution in [0.5, 0.6) is 0 Å². The first-order chi connectivity index (χ1) is 17.6. The second-order valence-electron chi connectivity index (χ2n) is 9.76. The van der Waals surface area contributed by atoms with E-state index in [0.29, 0.717) is 0 Å². The van der Waals surface area contributed by atoms with Crippen LogP contribution in [-0.2, 0) is 7.05 Å². The molecule has 0 unspecified atom stereocenters. The highest BCUT2D eigenvalue weighted by Gasteiger charge is 2.23. The van der Waals surface area contributed by atoms with E-state index >= 15 is 0 Å². The molecular weight excluding hydrogens is 438 g/mol. The maximum atomic E-state index is 6.89. The quantitative estimate of drug-likeness (QED) is 0.185. The molecule has 36 heavy (non-hydrogen) atoms. The summed E-state index contributed by atoms with van der Waals surface area (Å²) in [4.78, 5) is 0. The number of benzene rings is 5. The summed E-state index contributed by atoms with van der Waals surface area (Å²) in [5, 5.41) is 7.39. The van der Waals surface area contributed by atoms with E-state index in [2.05, 4.69) is 129 Å². The highest BCUT2D eigenvalue weighted by atomic mass is 16.3. The van der Waals surface area contributed by atoms with Gasteiger partial charge in [-0.2, -0.15) is 0 Å². The Bertz CT molecular complexity index is 1980. The summed E-state index contributed by atoms with van der Waals surface area (Å²) in [5.41, 5.74) is 8.98. The molecule has 0 amide bonds. The van der Waals surface area contributed by atoms with Crippen molar-refractivity contribution < 1.29 is 8.98 Å². The fraction of sp³-hybridized carbons (Fsp3) is 0.0882. The van der Waals surface area contributed by atoms with Gasteiger partial charge >= 0.3 is 0 Å². The van der Waals surface area contributed by atoms with Crippen LogP contribution in [0.25, 0.3) is 65.9 Å². The predicted molar refractivity (Wildman–Crippen MR) is 150 cm³/mol. The van der Waals surface area contributed by atoms with Crippen LogP contribution in [0.2, 0.25) is 0 Å². The molecule has 0 aliphatic heterocycles. The monoisotopic (exact) mass is 464 g/mol. The Hall–Kier alpha value is -4.43. The highest BCUT2D eigenvalue weighted by Crippen LogP contribution is 2.44. The van der Waals surface area contributed by atoms with E-state index in [1.165, 1.54) is 49.0 Å². The Labute approximate surface area is 210 Å². The van der Waals surface area contributed by atoms with Crippen LogP contribution in [0.1, 0.15) is 11.1 Å². The Morgan fingerprint density at radius 1 is 0.583 bits per heavy atom. The van der Waals surface area contributed by atoms with E-state index < -0.39 is 0 Å². The fourth-order valence-electron chi connectivity index (χ4n) is 5.80. The minimum Gasteiger partial charge on any atom is -0.454 e. The van der Waals surface area contributed by atoms with Crippen molar-refractivity contribution in [2.75, 3.05) is 0 Å². The topological polar surface area (TPSA) is 17.0 Å². The Kier molecular flexibility index (Phi) is 4.52. The second kappa shape index (κ2) is 7.79. The van der Waals surface area contributed by atoms with E-state index in [9.17, 15) is 0 Å². The molecule has 0 bridgehead atoms. The van der Waals surface area contributed by atoms with Gasteiger partial charge in [0.1, 0.15) is 18.2 Å². The Morgan fingerprint density at radius 3 is 2.14 bits per heavy atom. The molecule has 2 aromatic heterocycles. The molecule has 172 valence electrons. The lowest BCUT2D eigenvalue weighted by Gasteiger charge is -2.12. The van der Waals surface area contributed by atoms with E-state index in [-0.39, 0.29) is 0 Å². The molecule has 5 aromatic carbocycles. The maximum Gasteiger partial charge on any atom is 0.216 e. The smallest absolute Gasteiger partial charge is 0.216 e. The van der Waals surface area contributed by atoms with Crippen molar-refractivity contribution in [3.8, 4) is 22.4 Å². The average Bonchev–Trinajstić information content (AvgIpc) is 3.30. The van der Waals surface area contributed by atoms with Crippen LogP contribution in [0.3, 0.4) is 0 Å². The number of nitrogens with zero attached hydrogens (tertiary/aromatic N) is 1. The van der Waals surface area contributed by atoms with Gasteiger partial charge in [-0.05, 0) is 64.2 Å². The van der Waals surface area contributed by atoms with Gasteiger partial charge in [-0.25, -0.2) is 4.57 Å². The molecule has 0 aliphatic carbocycles. The third-order valence-electron chi connectivity index (χ3n) is 7.57. The molecular formula is C34H26NO+. The van der Waals surface area contributed by atoms with Gasteiger partial charge < -0.3 is 4.42 Å².